The maximum atomic E-state index is 12.4. The average Bonchev–Trinajstić information content (AvgIpc) is 2.47. The lowest BCUT2D eigenvalue weighted by molar-refractivity contribution is -0.131. The molecule has 2 aliphatic heterocycles. The number of Topliss-reactive ketones (excluding diaryl/α,β-unsaturated/α-hetero) is 1. The van der Waals surface area contributed by atoms with E-state index in [4.69, 9.17) is 9.47 Å². The topological polar surface area (TPSA) is 35.5 Å². The first-order valence-corrected chi connectivity index (χ1v) is 6.43. The fraction of sp³-hybridized carbons (Fsp3) is 0.400. The molecule has 0 saturated heterocycles. The largest absolute Gasteiger partial charge is 0.490 e. The smallest absolute Gasteiger partial charge is 0.230 e. The number of hydrogen-bond donors (Lipinski definition) is 0. The van der Waals surface area contributed by atoms with Crippen LogP contribution in [0.1, 0.15) is 30.1 Å². The van der Waals surface area contributed by atoms with Gasteiger partial charge in [-0.05, 0) is 36.5 Å². The highest BCUT2D eigenvalue weighted by Gasteiger charge is 2.30. The summed E-state index contributed by atoms with van der Waals surface area (Å²) in [5.74, 6) is 0.435. The van der Waals surface area contributed by atoms with Crippen LogP contribution >= 0.6 is 0 Å². The second-order valence-electron chi connectivity index (χ2n) is 4.62. The lowest BCUT2D eigenvalue weighted by Crippen LogP contribution is -2.26. The van der Waals surface area contributed by atoms with Crippen molar-refractivity contribution in [2.75, 3.05) is 13.2 Å². The van der Waals surface area contributed by atoms with Gasteiger partial charge >= 0.3 is 0 Å². The van der Waals surface area contributed by atoms with Crippen LogP contribution in [0.2, 0.25) is 0 Å². The molecule has 0 aliphatic carbocycles. The van der Waals surface area contributed by atoms with E-state index in [0.29, 0.717) is 19.0 Å². The van der Waals surface area contributed by atoms with Crippen LogP contribution in [-0.4, -0.2) is 19.0 Å². The number of fused-ring (bicyclic) bond motifs is 1. The van der Waals surface area contributed by atoms with Crippen LogP contribution in [0.4, 0.5) is 0 Å². The monoisotopic (exact) mass is 244 g/mol. The molecule has 1 aromatic carbocycles. The van der Waals surface area contributed by atoms with Gasteiger partial charge in [-0.25, -0.2) is 0 Å². The molecular formula is C15H16O3. The summed E-state index contributed by atoms with van der Waals surface area (Å²) in [7, 11) is 0. The Morgan fingerprint density at radius 1 is 1.22 bits per heavy atom. The summed E-state index contributed by atoms with van der Waals surface area (Å²) in [6.07, 6.45) is 4.17. The van der Waals surface area contributed by atoms with Crippen molar-refractivity contribution in [1.29, 1.82) is 0 Å². The van der Waals surface area contributed by atoms with E-state index in [0.717, 1.165) is 24.8 Å². The van der Waals surface area contributed by atoms with Crippen LogP contribution in [-0.2, 0) is 20.7 Å². The van der Waals surface area contributed by atoms with Gasteiger partial charge in [0.15, 0.2) is 5.76 Å². The molecule has 0 amide bonds. The van der Waals surface area contributed by atoms with Gasteiger partial charge in [0.25, 0.3) is 0 Å². The van der Waals surface area contributed by atoms with Crippen LogP contribution in [0.3, 0.4) is 0 Å². The third-order valence-corrected chi connectivity index (χ3v) is 3.41. The molecule has 1 aromatic rings. The van der Waals surface area contributed by atoms with E-state index >= 15 is 0 Å². The van der Waals surface area contributed by atoms with Crippen molar-refractivity contribution in [3.05, 3.63) is 47.2 Å². The molecule has 1 unspecified atom stereocenters. The molecule has 0 bridgehead atoms. The Bertz CT molecular complexity index is 490. The number of ether oxygens (including phenoxy) is 2. The minimum atomic E-state index is -0.487. The van der Waals surface area contributed by atoms with Crippen LogP contribution in [0.15, 0.2) is 36.1 Å². The Hall–Kier alpha value is -1.61. The number of hydrogen-bond acceptors (Lipinski definition) is 3. The van der Waals surface area contributed by atoms with Crippen molar-refractivity contribution < 1.29 is 14.3 Å². The van der Waals surface area contributed by atoms with E-state index < -0.39 is 6.10 Å². The molecule has 3 rings (SSSR count). The normalized spacial score (nSPS) is 22.7. The first-order chi connectivity index (χ1) is 8.86. The minimum Gasteiger partial charge on any atom is -0.490 e. The van der Waals surface area contributed by atoms with Gasteiger partial charge in [-0.2, -0.15) is 0 Å². The second kappa shape index (κ2) is 4.94. The van der Waals surface area contributed by atoms with Crippen LogP contribution < -0.4 is 0 Å². The molecule has 3 nitrogen and oxygen atoms in total. The predicted octanol–water partition coefficient (Wildman–Crippen LogP) is 2.56. The summed E-state index contributed by atoms with van der Waals surface area (Å²) in [5.41, 5.74) is 2.20. The Balaban J connectivity index is 1.89. The molecular weight excluding hydrogens is 228 g/mol. The number of carbonyl (C=O) groups is 1. The van der Waals surface area contributed by atoms with Crippen LogP contribution in [0, 0.1) is 0 Å². The molecule has 0 N–H and O–H groups in total. The van der Waals surface area contributed by atoms with E-state index in [1.165, 1.54) is 5.56 Å². The number of rotatable bonds is 2. The van der Waals surface area contributed by atoms with Crippen molar-refractivity contribution in [2.24, 2.45) is 0 Å². The fourth-order valence-corrected chi connectivity index (χ4v) is 2.47. The number of benzene rings is 1. The molecule has 3 heteroatoms. The van der Waals surface area contributed by atoms with Gasteiger partial charge in [0.2, 0.25) is 5.78 Å². The summed E-state index contributed by atoms with van der Waals surface area (Å²) >= 11 is 0. The minimum absolute atomic E-state index is 0.0400. The van der Waals surface area contributed by atoms with E-state index in [2.05, 4.69) is 6.07 Å². The first-order valence-electron chi connectivity index (χ1n) is 6.43. The van der Waals surface area contributed by atoms with Gasteiger partial charge < -0.3 is 9.47 Å². The molecule has 2 heterocycles. The molecule has 94 valence electrons. The van der Waals surface area contributed by atoms with Crippen molar-refractivity contribution in [1.82, 2.24) is 0 Å². The molecule has 0 fully saturated rings. The maximum absolute atomic E-state index is 12.4. The van der Waals surface area contributed by atoms with E-state index in [1.54, 1.807) is 0 Å². The Morgan fingerprint density at radius 2 is 2.11 bits per heavy atom. The van der Waals surface area contributed by atoms with Gasteiger partial charge in [0.1, 0.15) is 6.10 Å². The number of ketones is 1. The molecule has 18 heavy (non-hydrogen) atoms. The zero-order valence-corrected chi connectivity index (χ0v) is 10.2. The highest BCUT2D eigenvalue weighted by molar-refractivity contribution is 5.98. The lowest BCUT2D eigenvalue weighted by atomic mass is 9.94. The highest BCUT2D eigenvalue weighted by Crippen LogP contribution is 2.30. The maximum Gasteiger partial charge on any atom is 0.230 e. The molecule has 0 spiro atoms. The second-order valence-corrected chi connectivity index (χ2v) is 4.62. The standard InChI is InChI=1S/C15H16O3/c16-14(13-7-3-4-9-17-13)15-12-6-2-1-5-11(12)8-10-18-15/h1-2,5-7,15H,3-4,8-10H2. The third-order valence-electron chi connectivity index (χ3n) is 3.41. The zero-order valence-electron chi connectivity index (χ0n) is 10.2. The Morgan fingerprint density at radius 3 is 2.94 bits per heavy atom. The first kappa shape index (κ1) is 11.5. The van der Waals surface area contributed by atoms with Crippen molar-refractivity contribution >= 4 is 5.78 Å². The van der Waals surface area contributed by atoms with Crippen LogP contribution in [0.5, 0.6) is 0 Å². The molecule has 0 saturated carbocycles. The highest BCUT2D eigenvalue weighted by atomic mass is 16.5. The Labute approximate surface area is 106 Å². The molecule has 0 radical (unpaired) electrons. The number of allylic oxidation sites excluding steroid dienone is 1. The summed E-state index contributed by atoms with van der Waals surface area (Å²) < 4.78 is 11.1. The van der Waals surface area contributed by atoms with Gasteiger partial charge in [-0.1, -0.05) is 24.3 Å². The van der Waals surface area contributed by atoms with Gasteiger partial charge in [-0.15, -0.1) is 0 Å². The van der Waals surface area contributed by atoms with Gasteiger partial charge in [-0.3, -0.25) is 4.79 Å². The zero-order chi connectivity index (χ0) is 12.4. The quantitative estimate of drug-likeness (QED) is 0.802. The summed E-state index contributed by atoms with van der Waals surface area (Å²) in [6, 6.07) is 7.99. The number of carbonyl (C=O) groups excluding carboxylic acids is 1. The van der Waals surface area contributed by atoms with Crippen molar-refractivity contribution in [3.63, 3.8) is 0 Å². The third kappa shape index (κ3) is 2.06. The van der Waals surface area contributed by atoms with Crippen molar-refractivity contribution in [2.45, 2.75) is 25.4 Å². The summed E-state index contributed by atoms with van der Waals surface area (Å²) in [4.78, 5) is 12.4. The van der Waals surface area contributed by atoms with Gasteiger partial charge in [0, 0.05) is 0 Å². The summed E-state index contributed by atoms with van der Waals surface area (Å²) in [6.45, 7) is 1.23. The molecule has 1 atom stereocenters. The van der Waals surface area contributed by atoms with Crippen LogP contribution in [0.25, 0.3) is 0 Å². The van der Waals surface area contributed by atoms with Gasteiger partial charge in [0.05, 0.1) is 13.2 Å². The average molecular weight is 244 g/mol. The van der Waals surface area contributed by atoms with E-state index in [1.807, 2.05) is 24.3 Å². The Kier molecular flexibility index (Phi) is 3.15. The lowest BCUT2D eigenvalue weighted by Gasteiger charge is -2.26. The summed E-state index contributed by atoms with van der Waals surface area (Å²) in [5, 5.41) is 0. The SMILES string of the molecule is O=C(C1=CCCCO1)C1OCCc2ccccc21. The van der Waals surface area contributed by atoms with Crippen molar-refractivity contribution in [3.8, 4) is 0 Å². The molecule has 0 aromatic heterocycles. The fourth-order valence-electron chi connectivity index (χ4n) is 2.47. The molecule has 2 aliphatic rings. The van der Waals surface area contributed by atoms with E-state index in [-0.39, 0.29) is 5.78 Å². The van der Waals surface area contributed by atoms with E-state index in [9.17, 15) is 4.79 Å². The predicted molar refractivity (Wildman–Crippen MR) is 67.1 cm³/mol.